The minimum Gasteiger partial charge on any atom is -0.298 e. The van der Waals surface area contributed by atoms with Crippen LogP contribution in [0.2, 0.25) is 10.0 Å². The van der Waals surface area contributed by atoms with Crippen LogP contribution in [0.1, 0.15) is 18.1 Å². The summed E-state index contributed by atoms with van der Waals surface area (Å²) in [6.45, 7) is 2.12. The van der Waals surface area contributed by atoms with Crippen molar-refractivity contribution >= 4 is 51.7 Å². The quantitative estimate of drug-likeness (QED) is 0.506. The molecule has 0 aliphatic heterocycles. The fraction of sp³-hybridized carbons (Fsp3) is 0.100. The van der Waals surface area contributed by atoms with Crippen LogP contribution in [0.25, 0.3) is 17.3 Å². The summed E-state index contributed by atoms with van der Waals surface area (Å²) in [6.07, 6.45) is 4.07. The highest BCUT2D eigenvalue weighted by atomic mass is 35.5. The normalized spacial score (nSPS) is 11.0. The number of halogens is 2. The molecule has 1 amide bonds. The van der Waals surface area contributed by atoms with E-state index in [0.29, 0.717) is 15.2 Å². The van der Waals surface area contributed by atoms with Gasteiger partial charge in [0, 0.05) is 27.1 Å². The topological polar surface area (TPSA) is 42.0 Å². The third-order valence-electron chi connectivity index (χ3n) is 3.77. The highest BCUT2D eigenvalue weighted by molar-refractivity contribution is 7.14. The van der Waals surface area contributed by atoms with Gasteiger partial charge in [0.2, 0.25) is 5.91 Å². The van der Waals surface area contributed by atoms with E-state index in [1.807, 2.05) is 17.5 Å². The molecular weight excluding hydrogens is 387 g/mol. The first kappa shape index (κ1) is 18.6. The minimum atomic E-state index is -0.266. The monoisotopic (exact) mass is 402 g/mol. The molecule has 0 aliphatic carbocycles. The number of hydrogen-bond donors (Lipinski definition) is 1. The van der Waals surface area contributed by atoms with E-state index in [0.717, 1.165) is 23.2 Å². The Kier molecular flexibility index (Phi) is 6.09. The van der Waals surface area contributed by atoms with E-state index in [1.165, 1.54) is 23.0 Å². The van der Waals surface area contributed by atoms with Gasteiger partial charge in [0.1, 0.15) is 0 Å². The first-order valence-corrected chi connectivity index (χ1v) is 9.67. The summed E-state index contributed by atoms with van der Waals surface area (Å²) >= 11 is 13.3. The SMILES string of the molecule is CCc1ccc(-c2csc(NC(=O)/C=C/c3ccc(Cl)cc3Cl)n2)cc1. The zero-order valence-electron chi connectivity index (χ0n) is 14.0. The molecule has 0 radical (unpaired) electrons. The molecule has 0 fully saturated rings. The maximum atomic E-state index is 12.1. The van der Waals surface area contributed by atoms with Crippen LogP contribution in [0.4, 0.5) is 5.13 Å². The van der Waals surface area contributed by atoms with Gasteiger partial charge in [-0.05, 0) is 35.8 Å². The molecule has 3 rings (SSSR count). The van der Waals surface area contributed by atoms with E-state index in [1.54, 1.807) is 24.3 Å². The summed E-state index contributed by atoms with van der Waals surface area (Å²) in [5.74, 6) is -0.266. The van der Waals surface area contributed by atoms with E-state index in [-0.39, 0.29) is 5.91 Å². The summed E-state index contributed by atoms with van der Waals surface area (Å²) in [5, 5.41) is 6.30. The summed E-state index contributed by atoms with van der Waals surface area (Å²) in [6, 6.07) is 13.4. The zero-order chi connectivity index (χ0) is 18.5. The molecule has 3 nitrogen and oxygen atoms in total. The Morgan fingerprint density at radius 2 is 1.96 bits per heavy atom. The number of anilines is 1. The van der Waals surface area contributed by atoms with Gasteiger partial charge < -0.3 is 0 Å². The lowest BCUT2D eigenvalue weighted by Crippen LogP contribution is -2.07. The first-order chi connectivity index (χ1) is 12.5. The molecular formula is C20H16Cl2N2OS. The predicted octanol–water partition coefficient (Wildman–Crippen LogP) is 6.33. The lowest BCUT2D eigenvalue weighted by molar-refractivity contribution is -0.111. The Morgan fingerprint density at radius 1 is 1.19 bits per heavy atom. The van der Waals surface area contributed by atoms with E-state index >= 15 is 0 Å². The van der Waals surface area contributed by atoms with Crippen LogP contribution in [0, 0.1) is 0 Å². The Balaban J connectivity index is 1.66. The van der Waals surface area contributed by atoms with Crippen molar-refractivity contribution in [3.8, 4) is 11.3 Å². The number of nitrogens with one attached hydrogen (secondary N) is 1. The average Bonchev–Trinajstić information content (AvgIpc) is 3.09. The Hall–Kier alpha value is -2.14. The minimum absolute atomic E-state index is 0.266. The van der Waals surface area contributed by atoms with E-state index < -0.39 is 0 Å². The third-order valence-corrected chi connectivity index (χ3v) is 5.09. The lowest BCUT2D eigenvalue weighted by atomic mass is 10.1. The van der Waals surface area contributed by atoms with Crippen LogP contribution in [0.3, 0.4) is 0 Å². The van der Waals surface area contributed by atoms with Gasteiger partial charge >= 0.3 is 0 Å². The number of aromatic nitrogens is 1. The van der Waals surface area contributed by atoms with Gasteiger partial charge in [-0.15, -0.1) is 11.3 Å². The second-order valence-electron chi connectivity index (χ2n) is 5.58. The van der Waals surface area contributed by atoms with Crippen molar-refractivity contribution in [2.24, 2.45) is 0 Å². The van der Waals surface area contributed by atoms with Crippen molar-refractivity contribution in [2.75, 3.05) is 5.32 Å². The maximum Gasteiger partial charge on any atom is 0.250 e. The molecule has 1 N–H and O–H groups in total. The van der Waals surface area contributed by atoms with Crippen LogP contribution >= 0.6 is 34.5 Å². The van der Waals surface area contributed by atoms with Gasteiger partial charge in [-0.2, -0.15) is 0 Å². The molecule has 3 aromatic rings. The predicted molar refractivity (Wildman–Crippen MR) is 111 cm³/mol. The number of carbonyl (C=O) groups excluding carboxylic acids is 1. The van der Waals surface area contributed by atoms with Crippen LogP contribution in [0.5, 0.6) is 0 Å². The summed E-state index contributed by atoms with van der Waals surface area (Å²) in [7, 11) is 0. The Bertz CT molecular complexity index is 949. The molecule has 0 bridgehead atoms. The number of hydrogen-bond acceptors (Lipinski definition) is 3. The Labute approximate surface area is 166 Å². The van der Waals surface area contributed by atoms with Gasteiger partial charge in [0.05, 0.1) is 5.69 Å². The Morgan fingerprint density at radius 3 is 2.65 bits per heavy atom. The molecule has 0 saturated carbocycles. The van der Waals surface area contributed by atoms with Gasteiger partial charge in [0.25, 0.3) is 0 Å². The standard InChI is InChI=1S/C20H16Cl2N2OS/c1-2-13-3-5-15(6-4-13)18-12-26-20(23-18)24-19(25)10-8-14-7-9-16(21)11-17(14)22/h3-12H,2H2,1H3,(H,23,24,25)/b10-8+. The fourth-order valence-corrected chi connectivity index (χ4v) is 3.52. The summed E-state index contributed by atoms with van der Waals surface area (Å²) < 4.78 is 0. The zero-order valence-corrected chi connectivity index (χ0v) is 16.3. The lowest BCUT2D eigenvalue weighted by Gasteiger charge is -2.00. The highest BCUT2D eigenvalue weighted by Gasteiger charge is 2.07. The molecule has 0 aliphatic rings. The fourth-order valence-electron chi connectivity index (χ4n) is 2.32. The molecule has 6 heteroatoms. The van der Waals surface area contributed by atoms with E-state index in [4.69, 9.17) is 23.2 Å². The smallest absolute Gasteiger partial charge is 0.250 e. The molecule has 0 atom stereocenters. The van der Waals surface area contributed by atoms with Crippen molar-refractivity contribution in [3.05, 3.63) is 75.1 Å². The van der Waals surface area contributed by atoms with Crippen molar-refractivity contribution < 1.29 is 4.79 Å². The van der Waals surface area contributed by atoms with Crippen LogP contribution in [-0.4, -0.2) is 10.9 Å². The van der Waals surface area contributed by atoms with Gasteiger partial charge in [-0.25, -0.2) is 4.98 Å². The van der Waals surface area contributed by atoms with Crippen molar-refractivity contribution in [1.29, 1.82) is 0 Å². The van der Waals surface area contributed by atoms with Crippen molar-refractivity contribution in [2.45, 2.75) is 13.3 Å². The number of aryl methyl sites for hydroxylation is 1. The summed E-state index contributed by atoms with van der Waals surface area (Å²) in [5.41, 5.74) is 3.88. The largest absolute Gasteiger partial charge is 0.298 e. The van der Waals surface area contributed by atoms with Crippen LogP contribution in [0.15, 0.2) is 53.9 Å². The van der Waals surface area contributed by atoms with Crippen LogP contribution < -0.4 is 5.32 Å². The number of benzene rings is 2. The first-order valence-electron chi connectivity index (χ1n) is 8.04. The van der Waals surface area contributed by atoms with Gasteiger partial charge in [-0.1, -0.05) is 60.5 Å². The van der Waals surface area contributed by atoms with E-state index in [2.05, 4.69) is 29.4 Å². The molecule has 0 spiro atoms. The number of carbonyl (C=O) groups is 1. The maximum absolute atomic E-state index is 12.1. The molecule has 1 heterocycles. The van der Waals surface area contributed by atoms with Crippen molar-refractivity contribution in [1.82, 2.24) is 4.98 Å². The second kappa shape index (κ2) is 8.49. The second-order valence-corrected chi connectivity index (χ2v) is 7.28. The third kappa shape index (κ3) is 4.73. The average molecular weight is 403 g/mol. The van der Waals surface area contributed by atoms with E-state index in [9.17, 15) is 4.79 Å². The van der Waals surface area contributed by atoms with Gasteiger partial charge in [-0.3, -0.25) is 10.1 Å². The number of amides is 1. The number of thiazole rings is 1. The molecule has 0 unspecified atom stereocenters. The number of rotatable bonds is 5. The molecule has 2 aromatic carbocycles. The molecule has 132 valence electrons. The van der Waals surface area contributed by atoms with Gasteiger partial charge in [0.15, 0.2) is 5.13 Å². The van der Waals surface area contributed by atoms with Crippen LogP contribution in [-0.2, 0) is 11.2 Å². The molecule has 0 saturated heterocycles. The number of nitrogens with zero attached hydrogens (tertiary/aromatic N) is 1. The molecule has 26 heavy (non-hydrogen) atoms. The van der Waals surface area contributed by atoms with Crippen molar-refractivity contribution in [3.63, 3.8) is 0 Å². The highest BCUT2D eigenvalue weighted by Crippen LogP contribution is 2.26. The molecule has 1 aromatic heterocycles. The summed E-state index contributed by atoms with van der Waals surface area (Å²) in [4.78, 5) is 16.6.